The summed E-state index contributed by atoms with van der Waals surface area (Å²) in [6.45, 7) is 5.22. The van der Waals surface area contributed by atoms with Crippen LogP contribution in [0.4, 0.5) is 0 Å². The molecule has 0 aromatic heterocycles. The fourth-order valence-electron chi connectivity index (χ4n) is 4.42. The first-order valence-corrected chi connectivity index (χ1v) is 10.5. The highest BCUT2D eigenvalue weighted by molar-refractivity contribution is 5.47. The molecule has 2 atom stereocenters. The number of benzene rings is 3. The molecule has 3 aromatic rings. The van der Waals surface area contributed by atoms with Crippen molar-refractivity contribution < 1.29 is 9.47 Å². The van der Waals surface area contributed by atoms with Gasteiger partial charge in [-0.1, -0.05) is 97.6 Å². The lowest BCUT2D eigenvalue weighted by Gasteiger charge is -2.39. The van der Waals surface area contributed by atoms with Crippen LogP contribution < -0.4 is 5.32 Å². The van der Waals surface area contributed by atoms with Crippen LogP contribution in [0.1, 0.15) is 28.7 Å². The molecule has 1 heterocycles. The molecule has 0 amide bonds. The molecular weight excluding hydrogens is 370 g/mol. The SMILES string of the molecule is C=Cc1ccc(CO[C@H]2CN[C@H](C(OC)(c3ccccc3)c3ccccc3)C2)cc1. The molecule has 1 aliphatic rings. The van der Waals surface area contributed by atoms with Crippen molar-refractivity contribution in [2.45, 2.75) is 30.8 Å². The van der Waals surface area contributed by atoms with Crippen LogP contribution in [0.15, 0.2) is 91.5 Å². The second-order valence-electron chi connectivity index (χ2n) is 7.75. The van der Waals surface area contributed by atoms with Gasteiger partial charge in [0, 0.05) is 19.7 Å². The highest BCUT2D eigenvalue weighted by atomic mass is 16.5. The first kappa shape index (κ1) is 20.5. The van der Waals surface area contributed by atoms with E-state index >= 15 is 0 Å². The van der Waals surface area contributed by atoms with E-state index in [1.165, 1.54) is 5.56 Å². The van der Waals surface area contributed by atoms with E-state index in [0.29, 0.717) is 6.61 Å². The summed E-state index contributed by atoms with van der Waals surface area (Å²) in [6, 6.07) is 29.4. The normalized spacial score (nSPS) is 19.0. The van der Waals surface area contributed by atoms with Crippen LogP contribution in [-0.4, -0.2) is 25.8 Å². The third-order valence-corrected chi connectivity index (χ3v) is 6.01. The van der Waals surface area contributed by atoms with Crippen molar-refractivity contribution in [1.29, 1.82) is 0 Å². The summed E-state index contributed by atoms with van der Waals surface area (Å²) in [6.07, 6.45) is 2.87. The summed E-state index contributed by atoms with van der Waals surface area (Å²) in [5, 5.41) is 3.69. The first-order chi connectivity index (χ1) is 14.8. The molecular formula is C27H29NO2. The maximum atomic E-state index is 6.30. The summed E-state index contributed by atoms with van der Waals surface area (Å²) in [5.74, 6) is 0. The molecule has 4 rings (SSSR count). The lowest BCUT2D eigenvalue weighted by atomic mass is 9.79. The molecule has 1 aliphatic heterocycles. The fourth-order valence-corrected chi connectivity index (χ4v) is 4.42. The van der Waals surface area contributed by atoms with Crippen molar-refractivity contribution >= 4 is 6.08 Å². The highest BCUT2D eigenvalue weighted by Crippen LogP contribution is 2.40. The molecule has 1 fully saturated rings. The summed E-state index contributed by atoms with van der Waals surface area (Å²) in [7, 11) is 1.80. The predicted molar refractivity (Wildman–Crippen MR) is 122 cm³/mol. The minimum Gasteiger partial charge on any atom is -0.372 e. The van der Waals surface area contributed by atoms with Gasteiger partial charge in [-0.25, -0.2) is 0 Å². The van der Waals surface area contributed by atoms with Crippen molar-refractivity contribution in [2.75, 3.05) is 13.7 Å². The summed E-state index contributed by atoms with van der Waals surface area (Å²) in [5.41, 5.74) is 4.03. The zero-order valence-electron chi connectivity index (χ0n) is 17.5. The molecule has 1 saturated heterocycles. The van der Waals surface area contributed by atoms with Crippen LogP contribution in [0, 0.1) is 0 Å². The fraction of sp³-hybridized carbons (Fsp3) is 0.259. The Kier molecular flexibility index (Phi) is 6.44. The van der Waals surface area contributed by atoms with E-state index in [-0.39, 0.29) is 12.1 Å². The van der Waals surface area contributed by atoms with E-state index in [2.05, 4.69) is 84.7 Å². The predicted octanol–water partition coefficient (Wildman–Crippen LogP) is 5.17. The number of ether oxygens (including phenoxy) is 2. The quantitative estimate of drug-likeness (QED) is 0.567. The van der Waals surface area contributed by atoms with Crippen molar-refractivity contribution in [3.63, 3.8) is 0 Å². The van der Waals surface area contributed by atoms with Gasteiger partial charge in [-0.3, -0.25) is 0 Å². The third-order valence-electron chi connectivity index (χ3n) is 6.01. The van der Waals surface area contributed by atoms with E-state index in [9.17, 15) is 0 Å². The van der Waals surface area contributed by atoms with Crippen molar-refractivity contribution in [3.05, 3.63) is 114 Å². The largest absolute Gasteiger partial charge is 0.372 e. The maximum absolute atomic E-state index is 6.30. The van der Waals surface area contributed by atoms with Gasteiger partial charge in [-0.2, -0.15) is 0 Å². The number of methoxy groups -OCH3 is 1. The van der Waals surface area contributed by atoms with Gasteiger partial charge < -0.3 is 14.8 Å². The number of hydrogen-bond donors (Lipinski definition) is 1. The first-order valence-electron chi connectivity index (χ1n) is 10.5. The number of hydrogen-bond acceptors (Lipinski definition) is 3. The summed E-state index contributed by atoms with van der Waals surface area (Å²) >= 11 is 0. The average Bonchev–Trinajstić information content (AvgIpc) is 3.30. The molecule has 1 N–H and O–H groups in total. The van der Waals surface area contributed by atoms with Crippen LogP contribution in [0.5, 0.6) is 0 Å². The van der Waals surface area contributed by atoms with Crippen LogP contribution in [-0.2, 0) is 21.7 Å². The molecule has 0 saturated carbocycles. The van der Waals surface area contributed by atoms with E-state index in [0.717, 1.165) is 29.7 Å². The van der Waals surface area contributed by atoms with Crippen molar-refractivity contribution in [2.24, 2.45) is 0 Å². The van der Waals surface area contributed by atoms with E-state index < -0.39 is 5.60 Å². The molecule has 0 bridgehead atoms. The molecule has 0 spiro atoms. The monoisotopic (exact) mass is 399 g/mol. The van der Waals surface area contributed by atoms with Crippen LogP contribution >= 0.6 is 0 Å². The van der Waals surface area contributed by atoms with E-state index in [4.69, 9.17) is 9.47 Å². The topological polar surface area (TPSA) is 30.5 Å². The smallest absolute Gasteiger partial charge is 0.133 e. The Morgan fingerprint density at radius 2 is 1.53 bits per heavy atom. The Bertz CT molecular complexity index is 898. The molecule has 0 radical (unpaired) electrons. The summed E-state index contributed by atoms with van der Waals surface area (Å²) in [4.78, 5) is 0. The van der Waals surface area contributed by atoms with Crippen molar-refractivity contribution in [1.82, 2.24) is 5.32 Å². The summed E-state index contributed by atoms with van der Waals surface area (Å²) < 4.78 is 12.6. The molecule has 154 valence electrons. The lowest BCUT2D eigenvalue weighted by molar-refractivity contribution is -0.0140. The van der Waals surface area contributed by atoms with Gasteiger partial charge in [0.1, 0.15) is 5.60 Å². The maximum Gasteiger partial charge on any atom is 0.133 e. The van der Waals surface area contributed by atoms with E-state index in [1.54, 1.807) is 7.11 Å². The standard InChI is InChI=1S/C27H29NO2/c1-3-21-14-16-22(17-15-21)20-30-25-18-26(28-19-25)27(29-2,23-10-6-4-7-11-23)24-12-8-5-9-13-24/h3-17,25-26,28H,1,18-20H2,2H3/t25-,26+/m1/s1. The van der Waals surface area contributed by atoms with Crippen LogP contribution in [0.2, 0.25) is 0 Å². The number of rotatable bonds is 8. The van der Waals surface area contributed by atoms with Gasteiger partial charge in [0.25, 0.3) is 0 Å². The molecule has 3 heteroatoms. The van der Waals surface area contributed by atoms with Gasteiger partial charge in [-0.15, -0.1) is 0 Å². The average molecular weight is 400 g/mol. The minimum absolute atomic E-state index is 0.112. The zero-order chi connectivity index (χ0) is 20.8. The van der Waals surface area contributed by atoms with Gasteiger partial charge in [0.05, 0.1) is 12.7 Å². The minimum atomic E-state index is -0.563. The van der Waals surface area contributed by atoms with Gasteiger partial charge in [0.15, 0.2) is 0 Å². The second kappa shape index (κ2) is 9.40. The Morgan fingerprint density at radius 3 is 2.07 bits per heavy atom. The molecule has 3 aromatic carbocycles. The van der Waals surface area contributed by atoms with Crippen LogP contribution in [0.3, 0.4) is 0 Å². The zero-order valence-corrected chi connectivity index (χ0v) is 17.5. The Balaban J connectivity index is 1.53. The molecule has 3 nitrogen and oxygen atoms in total. The number of nitrogens with one attached hydrogen (secondary N) is 1. The Hall–Kier alpha value is -2.72. The van der Waals surface area contributed by atoms with Gasteiger partial charge in [-0.05, 0) is 28.7 Å². The van der Waals surface area contributed by atoms with Gasteiger partial charge >= 0.3 is 0 Å². The van der Waals surface area contributed by atoms with Crippen LogP contribution in [0.25, 0.3) is 6.08 Å². The Labute approximate surface area is 179 Å². The van der Waals surface area contributed by atoms with E-state index in [1.807, 2.05) is 18.2 Å². The third kappa shape index (κ3) is 4.10. The van der Waals surface area contributed by atoms with Crippen molar-refractivity contribution in [3.8, 4) is 0 Å². The van der Waals surface area contributed by atoms with Gasteiger partial charge in [0.2, 0.25) is 0 Å². The molecule has 0 aliphatic carbocycles. The highest BCUT2D eigenvalue weighted by Gasteiger charge is 2.46. The lowest BCUT2D eigenvalue weighted by Crippen LogP contribution is -2.47. The second-order valence-corrected chi connectivity index (χ2v) is 7.75. The molecule has 0 unspecified atom stereocenters. The molecule has 30 heavy (non-hydrogen) atoms. The Morgan fingerprint density at radius 1 is 0.933 bits per heavy atom.